The second-order valence-corrected chi connectivity index (χ2v) is 7.27. The van der Waals surface area contributed by atoms with E-state index in [1.54, 1.807) is 23.7 Å². The molecule has 1 heterocycles. The van der Waals surface area contributed by atoms with Crippen LogP contribution >= 0.6 is 0 Å². The average Bonchev–Trinajstić information content (AvgIpc) is 2.96. The van der Waals surface area contributed by atoms with Crippen molar-refractivity contribution in [2.75, 3.05) is 6.54 Å². The minimum atomic E-state index is -3.94. The number of aryl methyl sites for hydroxylation is 2. The van der Waals surface area contributed by atoms with E-state index in [-0.39, 0.29) is 10.5 Å². The zero-order chi connectivity index (χ0) is 19.2. The molecule has 0 aliphatic carbocycles. The van der Waals surface area contributed by atoms with E-state index in [1.165, 1.54) is 30.6 Å². The minimum Gasteiger partial charge on any atom is -0.349 e. The number of benzene rings is 1. The van der Waals surface area contributed by atoms with Crippen molar-refractivity contribution in [1.29, 1.82) is 5.26 Å². The molecule has 0 aliphatic heterocycles. The van der Waals surface area contributed by atoms with E-state index in [0.29, 0.717) is 18.7 Å². The molecule has 0 saturated carbocycles. The van der Waals surface area contributed by atoms with Crippen LogP contribution in [0.1, 0.15) is 28.0 Å². The Morgan fingerprint density at radius 3 is 2.69 bits per heavy atom. The maximum atomic E-state index is 12.3. The molecule has 0 saturated heterocycles. The highest BCUT2D eigenvalue weighted by Crippen LogP contribution is 2.12. The number of carbonyl (C=O) groups excluding carboxylic acids is 1. The Labute approximate surface area is 152 Å². The third-order valence-electron chi connectivity index (χ3n) is 3.50. The van der Waals surface area contributed by atoms with Gasteiger partial charge < -0.3 is 9.99 Å². The number of sulfonamides is 1. The molecule has 1 aromatic carbocycles. The molecule has 0 fully saturated rings. The van der Waals surface area contributed by atoms with Gasteiger partial charge in [0, 0.05) is 19.8 Å². The molecule has 2 N–H and O–H groups in total. The Bertz CT molecular complexity index is 953. The quantitative estimate of drug-likeness (QED) is 0.431. The van der Waals surface area contributed by atoms with Gasteiger partial charge in [0.25, 0.3) is 15.9 Å². The van der Waals surface area contributed by atoms with Gasteiger partial charge in [-0.25, -0.2) is 13.1 Å². The summed E-state index contributed by atoms with van der Waals surface area (Å²) in [7, 11) is -2.23. The average molecular weight is 373 g/mol. The Balaban J connectivity index is 2.09. The van der Waals surface area contributed by atoms with Crippen LogP contribution in [0.5, 0.6) is 0 Å². The third kappa shape index (κ3) is 4.94. The van der Waals surface area contributed by atoms with E-state index < -0.39 is 15.9 Å². The molecule has 0 bridgehead atoms. The summed E-state index contributed by atoms with van der Waals surface area (Å²) in [6.07, 6.45) is 3.33. The van der Waals surface area contributed by atoms with Crippen LogP contribution < -0.4 is 10.1 Å². The van der Waals surface area contributed by atoms with Gasteiger partial charge in [-0.1, -0.05) is 17.7 Å². The monoisotopic (exact) mass is 373 g/mol. The van der Waals surface area contributed by atoms with Crippen molar-refractivity contribution in [3.63, 3.8) is 0 Å². The standard InChI is InChI=1S/C17H19N5O3S/c1-13-4-6-16(7-5-13)26(24,25)21-17(23)14-10-15(22(2)12-14)11-20-19-9-3-8-18/h4-7,10-12,19H,3,9H2,1-2H3,(H,21,23)/b20-11-. The first kappa shape index (κ1) is 19.2. The van der Waals surface area contributed by atoms with E-state index in [9.17, 15) is 13.2 Å². The number of nitriles is 1. The van der Waals surface area contributed by atoms with Gasteiger partial charge in [0.2, 0.25) is 0 Å². The third-order valence-corrected chi connectivity index (χ3v) is 4.85. The molecule has 9 heteroatoms. The van der Waals surface area contributed by atoms with Gasteiger partial charge in [0.15, 0.2) is 0 Å². The van der Waals surface area contributed by atoms with Crippen molar-refractivity contribution in [2.45, 2.75) is 18.2 Å². The highest BCUT2D eigenvalue weighted by Gasteiger charge is 2.19. The number of hydrogen-bond acceptors (Lipinski definition) is 6. The van der Waals surface area contributed by atoms with Crippen LogP contribution in [0.2, 0.25) is 0 Å². The topological polar surface area (TPSA) is 116 Å². The van der Waals surface area contributed by atoms with Crippen molar-refractivity contribution in [3.8, 4) is 6.07 Å². The first-order chi connectivity index (χ1) is 12.3. The van der Waals surface area contributed by atoms with Gasteiger partial charge in [-0.3, -0.25) is 4.79 Å². The number of nitrogens with one attached hydrogen (secondary N) is 2. The number of rotatable bonds is 7. The van der Waals surface area contributed by atoms with Crippen LogP contribution in [-0.4, -0.2) is 31.7 Å². The predicted octanol–water partition coefficient (Wildman–Crippen LogP) is 1.29. The van der Waals surface area contributed by atoms with Gasteiger partial charge in [-0.2, -0.15) is 10.4 Å². The number of hydrogen-bond donors (Lipinski definition) is 2. The lowest BCUT2D eigenvalue weighted by molar-refractivity contribution is 0.0981. The highest BCUT2D eigenvalue weighted by atomic mass is 32.2. The molecule has 2 rings (SSSR count). The second kappa shape index (κ2) is 8.31. The van der Waals surface area contributed by atoms with E-state index in [1.807, 2.05) is 13.0 Å². The van der Waals surface area contributed by atoms with Crippen LogP contribution in [0.4, 0.5) is 0 Å². The fourth-order valence-electron chi connectivity index (χ4n) is 2.08. The number of nitrogens with zero attached hydrogens (tertiary/aromatic N) is 3. The van der Waals surface area contributed by atoms with Crippen LogP contribution in [0, 0.1) is 18.3 Å². The number of amides is 1. The lowest BCUT2D eigenvalue weighted by Crippen LogP contribution is -2.30. The lowest BCUT2D eigenvalue weighted by atomic mass is 10.2. The van der Waals surface area contributed by atoms with E-state index in [0.717, 1.165) is 5.56 Å². The van der Waals surface area contributed by atoms with Crippen LogP contribution in [-0.2, 0) is 17.1 Å². The largest absolute Gasteiger partial charge is 0.349 e. The predicted molar refractivity (Wildman–Crippen MR) is 97.1 cm³/mol. The molecular formula is C17H19N5O3S. The molecule has 1 aromatic heterocycles. The Hall–Kier alpha value is -3.12. The summed E-state index contributed by atoms with van der Waals surface area (Å²) < 4.78 is 28.3. The Morgan fingerprint density at radius 2 is 2.04 bits per heavy atom. The van der Waals surface area contributed by atoms with Crippen molar-refractivity contribution in [1.82, 2.24) is 14.7 Å². The van der Waals surface area contributed by atoms with Crippen LogP contribution in [0.3, 0.4) is 0 Å². The molecule has 0 radical (unpaired) electrons. The SMILES string of the molecule is Cc1ccc(S(=O)(=O)NC(=O)c2cc(/C=N\NCCC#N)n(C)c2)cc1. The first-order valence-electron chi connectivity index (χ1n) is 7.76. The smallest absolute Gasteiger partial charge is 0.266 e. The fraction of sp³-hybridized carbons (Fsp3) is 0.235. The van der Waals surface area contributed by atoms with Crippen molar-refractivity contribution < 1.29 is 13.2 Å². The molecule has 2 aromatic rings. The summed E-state index contributed by atoms with van der Waals surface area (Å²) in [5.74, 6) is -0.724. The van der Waals surface area contributed by atoms with Crippen molar-refractivity contribution in [3.05, 3.63) is 53.3 Å². The summed E-state index contributed by atoms with van der Waals surface area (Å²) in [6, 6.07) is 9.72. The summed E-state index contributed by atoms with van der Waals surface area (Å²) >= 11 is 0. The molecule has 0 atom stereocenters. The maximum absolute atomic E-state index is 12.3. The maximum Gasteiger partial charge on any atom is 0.266 e. The van der Waals surface area contributed by atoms with Crippen LogP contribution in [0.15, 0.2) is 46.5 Å². The zero-order valence-electron chi connectivity index (χ0n) is 14.4. The molecule has 26 heavy (non-hydrogen) atoms. The fourth-order valence-corrected chi connectivity index (χ4v) is 3.05. The van der Waals surface area contributed by atoms with Crippen molar-refractivity contribution in [2.24, 2.45) is 12.1 Å². The number of carbonyl (C=O) groups is 1. The summed E-state index contributed by atoms with van der Waals surface area (Å²) in [5, 5.41) is 12.4. The summed E-state index contributed by atoms with van der Waals surface area (Å²) in [5.41, 5.74) is 4.42. The van der Waals surface area contributed by atoms with Gasteiger partial charge in [-0.15, -0.1) is 0 Å². The summed E-state index contributed by atoms with van der Waals surface area (Å²) in [4.78, 5) is 12.3. The van der Waals surface area contributed by atoms with E-state index in [2.05, 4.69) is 15.2 Å². The second-order valence-electron chi connectivity index (χ2n) is 5.59. The zero-order valence-corrected chi connectivity index (χ0v) is 15.2. The van der Waals surface area contributed by atoms with E-state index >= 15 is 0 Å². The summed E-state index contributed by atoms with van der Waals surface area (Å²) in [6.45, 7) is 2.26. The first-order valence-corrected chi connectivity index (χ1v) is 9.25. The molecule has 1 amide bonds. The molecule has 0 aliphatic rings. The van der Waals surface area contributed by atoms with Crippen LogP contribution in [0.25, 0.3) is 0 Å². The lowest BCUT2D eigenvalue weighted by Gasteiger charge is -2.06. The number of aromatic nitrogens is 1. The normalized spacial score (nSPS) is 11.3. The Morgan fingerprint density at radius 1 is 1.35 bits per heavy atom. The molecule has 136 valence electrons. The van der Waals surface area contributed by atoms with Gasteiger partial charge in [-0.05, 0) is 25.1 Å². The van der Waals surface area contributed by atoms with Gasteiger partial charge in [0.1, 0.15) is 0 Å². The molecule has 0 spiro atoms. The Kier molecular flexibility index (Phi) is 6.14. The highest BCUT2D eigenvalue weighted by molar-refractivity contribution is 7.90. The van der Waals surface area contributed by atoms with Gasteiger partial charge in [0.05, 0.1) is 34.9 Å². The van der Waals surface area contributed by atoms with Crippen molar-refractivity contribution >= 4 is 22.1 Å². The number of hydrazone groups is 1. The van der Waals surface area contributed by atoms with Gasteiger partial charge >= 0.3 is 0 Å². The minimum absolute atomic E-state index is 0.0239. The molecule has 8 nitrogen and oxygen atoms in total. The molecular weight excluding hydrogens is 354 g/mol. The van der Waals surface area contributed by atoms with E-state index in [4.69, 9.17) is 5.26 Å². The molecule has 0 unspecified atom stereocenters.